The van der Waals surface area contributed by atoms with Gasteiger partial charge in [-0.15, -0.1) is 0 Å². The van der Waals surface area contributed by atoms with Crippen LogP contribution in [0.2, 0.25) is 0 Å². The third-order valence-corrected chi connectivity index (χ3v) is 4.97. The van der Waals surface area contributed by atoms with E-state index in [1.807, 2.05) is 12.1 Å². The number of nitrogens with zero attached hydrogens (tertiary/aromatic N) is 2. The summed E-state index contributed by atoms with van der Waals surface area (Å²) in [5, 5.41) is 9.04. The van der Waals surface area contributed by atoms with Gasteiger partial charge in [-0.05, 0) is 42.7 Å². The molecule has 0 unspecified atom stereocenters. The number of sulfonamides is 1. The summed E-state index contributed by atoms with van der Waals surface area (Å²) in [6.45, 7) is 1.93. The van der Waals surface area contributed by atoms with Crippen LogP contribution in [-0.4, -0.2) is 32.8 Å². The van der Waals surface area contributed by atoms with Gasteiger partial charge in [0.1, 0.15) is 11.8 Å². The molecule has 0 radical (unpaired) electrons. The molecule has 0 saturated heterocycles. The monoisotopic (exact) mass is 345 g/mol. The zero-order valence-electron chi connectivity index (χ0n) is 13.6. The molecule has 7 heteroatoms. The highest BCUT2D eigenvalue weighted by molar-refractivity contribution is 7.89. The average Bonchev–Trinajstić information content (AvgIpc) is 2.61. The van der Waals surface area contributed by atoms with Gasteiger partial charge < -0.3 is 4.74 Å². The summed E-state index contributed by atoms with van der Waals surface area (Å²) in [6, 6.07) is 9.36. The molecule has 2 aromatic rings. The van der Waals surface area contributed by atoms with Gasteiger partial charge in [-0.25, -0.2) is 13.1 Å². The number of aromatic nitrogens is 1. The standard InChI is InChI=1S/C17H19N3O3S/c1-3-24(21,22)20-7-6-13-8-16(12-19-11-13)14-4-5-15(10-18)17(9-14)23-2/h4-5,8-9,11-12,20H,3,6-7H2,1-2H3. The number of hydrogen-bond acceptors (Lipinski definition) is 5. The number of nitrogens with one attached hydrogen (secondary N) is 1. The summed E-state index contributed by atoms with van der Waals surface area (Å²) >= 11 is 0. The molecule has 24 heavy (non-hydrogen) atoms. The predicted octanol–water partition coefficient (Wildman–Crippen LogP) is 2.11. The Kier molecular flexibility index (Phi) is 5.90. The van der Waals surface area contributed by atoms with Crippen molar-refractivity contribution in [3.8, 4) is 22.9 Å². The summed E-state index contributed by atoms with van der Waals surface area (Å²) in [5.41, 5.74) is 3.16. The third kappa shape index (κ3) is 4.54. The summed E-state index contributed by atoms with van der Waals surface area (Å²) in [7, 11) is -1.66. The van der Waals surface area contributed by atoms with Gasteiger partial charge >= 0.3 is 0 Å². The minimum atomic E-state index is -3.19. The Labute approximate surface area is 142 Å². The molecule has 126 valence electrons. The van der Waals surface area contributed by atoms with Crippen LogP contribution in [0.5, 0.6) is 5.75 Å². The van der Waals surface area contributed by atoms with Gasteiger partial charge in [0.2, 0.25) is 10.0 Å². The fraction of sp³-hybridized carbons (Fsp3) is 0.294. The smallest absolute Gasteiger partial charge is 0.211 e. The maximum absolute atomic E-state index is 11.4. The summed E-state index contributed by atoms with van der Waals surface area (Å²) in [5.74, 6) is 0.576. The predicted molar refractivity (Wildman–Crippen MR) is 92.1 cm³/mol. The minimum absolute atomic E-state index is 0.0658. The van der Waals surface area contributed by atoms with Crippen molar-refractivity contribution >= 4 is 10.0 Å². The SMILES string of the molecule is CCS(=O)(=O)NCCc1cncc(-c2ccc(C#N)c(OC)c2)c1. The molecule has 0 spiro atoms. The van der Waals surface area contributed by atoms with Gasteiger partial charge in [0.15, 0.2) is 0 Å². The number of benzene rings is 1. The van der Waals surface area contributed by atoms with Gasteiger partial charge in [-0.1, -0.05) is 6.07 Å². The van der Waals surface area contributed by atoms with Gasteiger partial charge in [-0.2, -0.15) is 5.26 Å². The average molecular weight is 345 g/mol. The van der Waals surface area contributed by atoms with Crippen LogP contribution >= 0.6 is 0 Å². The number of rotatable bonds is 7. The van der Waals surface area contributed by atoms with Crippen molar-refractivity contribution in [1.82, 2.24) is 9.71 Å². The second-order valence-electron chi connectivity index (χ2n) is 5.16. The van der Waals surface area contributed by atoms with Crippen LogP contribution in [0.1, 0.15) is 18.1 Å². The van der Waals surface area contributed by atoms with E-state index in [1.54, 1.807) is 31.5 Å². The molecular formula is C17H19N3O3S. The second-order valence-corrected chi connectivity index (χ2v) is 7.25. The molecule has 0 aliphatic carbocycles. The molecule has 0 amide bonds. The first kappa shape index (κ1) is 17.9. The first-order chi connectivity index (χ1) is 11.5. The van der Waals surface area contributed by atoms with E-state index in [9.17, 15) is 8.42 Å². The largest absolute Gasteiger partial charge is 0.495 e. The van der Waals surface area contributed by atoms with Crippen molar-refractivity contribution in [1.29, 1.82) is 5.26 Å². The summed E-state index contributed by atoms with van der Waals surface area (Å²) in [4.78, 5) is 4.21. The molecule has 0 aliphatic heterocycles. The topological polar surface area (TPSA) is 92.1 Å². The first-order valence-corrected chi connectivity index (χ1v) is 9.14. The molecule has 1 aromatic carbocycles. The number of ether oxygens (including phenoxy) is 1. The Morgan fingerprint density at radius 2 is 2.04 bits per heavy atom. The Hall–Kier alpha value is -2.43. The molecule has 0 saturated carbocycles. The zero-order chi connectivity index (χ0) is 17.6. The highest BCUT2D eigenvalue weighted by Gasteiger charge is 2.08. The van der Waals surface area contributed by atoms with Crippen LogP contribution in [0, 0.1) is 11.3 Å². The molecular weight excluding hydrogens is 326 g/mol. The number of hydrogen-bond donors (Lipinski definition) is 1. The summed E-state index contributed by atoms with van der Waals surface area (Å²) in [6.07, 6.45) is 3.98. The highest BCUT2D eigenvalue weighted by atomic mass is 32.2. The quantitative estimate of drug-likeness (QED) is 0.830. The Morgan fingerprint density at radius 1 is 1.25 bits per heavy atom. The molecule has 0 fully saturated rings. The van der Waals surface area contributed by atoms with E-state index >= 15 is 0 Å². The van der Waals surface area contributed by atoms with Gasteiger partial charge in [-0.3, -0.25) is 4.98 Å². The Balaban J connectivity index is 2.17. The molecule has 0 bridgehead atoms. The van der Waals surface area contributed by atoms with E-state index < -0.39 is 10.0 Å². The van der Waals surface area contributed by atoms with Crippen molar-refractivity contribution in [2.75, 3.05) is 19.4 Å². The van der Waals surface area contributed by atoms with E-state index in [2.05, 4.69) is 15.8 Å². The normalized spacial score (nSPS) is 11.0. The molecule has 6 nitrogen and oxygen atoms in total. The Morgan fingerprint density at radius 3 is 2.71 bits per heavy atom. The van der Waals surface area contributed by atoms with Gasteiger partial charge in [0.25, 0.3) is 0 Å². The molecule has 0 aliphatic rings. The zero-order valence-corrected chi connectivity index (χ0v) is 14.4. The first-order valence-electron chi connectivity index (χ1n) is 7.49. The van der Waals surface area contributed by atoms with E-state index in [0.29, 0.717) is 24.3 Å². The van der Waals surface area contributed by atoms with Gasteiger partial charge in [0, 0.05) is 24.5 Å². The van der Waals surface area contributed by atoms with Gasteiger partial charge in [0.05, 0.1) is 18.4 Å². The molecule has 1 heterocycles. The highest BCUT2D eigenvalue weighted by Crippen LogP contribution is 2.27. The fourth-order valence-electron chi connectivity index (χ4n) is 2.20. The van der Waals surface area contributed by atoms with Crippen LogP contribution in [0.15, 0.2) is 36.7 Å². The van der Waals surface area contributed by atoms with Crippen molar-refractivity contribution in [3.05, 3.63) is 47.8 Å². The summed E-state index contributed by atoms with van der Waals surface area (Å²) < 4.78 is 30.6. The van der Waals surface area contributed by atoms with E-state index in [0.717, 1.165) is 16.7 Å². The number of methoxy groups -OCH3 is 1. The van der Waals surface area contributed by atoms with Crippen molar-refractivity contribution in [2.45, 2.75) is 13.3 Å². The fourth-order valence-corrected chi connectivity index (χ4v) is 2.82. The Bertz CT molecular complexity index is 858. The van der Waals surface area contributed by atoms with E-state index in [1.165, 1.54) is 7.11 Å². The lowest BCUT2D eigenvalue weighted by Crippen LogP contribution is -2.27. The van der Waals surface area contributed by atoms with Crippen molar-refractivity contribution in [2.24, 2.45) is 0 Å². The van der Waals surface area contributed by atoms with Crippen LogP contribution in [0.25, 0.3) is 11.1 Å². The maximum Gasteiger partial charge on any atom is 0.211 e. The lowest BCUT2D eigenvalue weighted by Gasteiger charge is -2.08. The van der Waals surface area contributed by atoms with E-state index in [-0.39, 0.29) is 5.75 Å². The van der Waals surface area contributed by atoms with Crippen LogP contribution in [0.3, 0.4) is 0 Å². The lowest BCUT2D eigenvalue weighted by atomic mass is 10.0. The molecule has 1 aromatic heterocycles. The maximum atomic E-state index is 11.4. The number of nitriles is 1. The van der Waals surface area contributed by atoms with Crippen LogP contribution < -0.4 is 9.46 Å². The minimum Gasteiger partial charge on any atom is -0.495 e. The van der Waals surface area contributed by atoms with E-state index in [4.69, 9.17) is 10.00 Å². The number of pyridine rings is 1. The van der Waals surface area contributed by atoms with Crippen LogP contribution in [-0.2, 0) is 16.4 Å². The molecule has 1 N–H and O–H groups in total. The molecule has 2 rings (SSSR count). The lowest BCUT2D eigenvalue weighted by molar-refractivity contribution is 0.413. The van der Waals surface area contributed by atoms with Crippen molar-refractivity contribution in [3.63, 3.8) is 0 Å². The van der Waals surface area contributed by atoms with Crippen molar-refractivity contribution < 1.29 is 13.2 Å². The molecule has 0 atom stereocenters. The second kappa shape index (κ2) is 7.90. The third-order valence-electron chi connectivity index (χ3n) is 3.57. The van der Waals surface area contributed by atoms with Crippen LogP contribution in [0.4, 0.5) is 0 Å².